The van der Waals surface area contributed by atoms with E-state index in [9.17, 15) is 29.7 Å². The van der Waals surface area contributed by atoms with E-state index in [2.05, 4.69) is 0 Å². The van der Waals surface area contributed by atoms with Crippen molar-refractivity contribution in [3.8, 4) is 0 Å². The fourth-order valence-electron chi connectivity index (χ4n) is 0.715. The van der Waals surface area contributed by atoms with E-state index in [-0.39, 0.29) is 78.7 Å². The molecule has 0 rings (SSSR count). The van der Waals surface area contributed by atoms with Crippen LogP contribution in [0.1, 0.15) is 0 Å². The molecule has 0 heterocycles. The van der Waals surface area contributed by atoms with Gasteiger partial charge in [-0.05, 0) is 0 Å². The standard InChI is InChI=1S/C6H9NO6.Cd.K/c8-4(9)1-7(2-5(10)11)3-6(12)13;;/h1-3H2,(H,8,9)(H,10,11)(H,12,13);;/q;+2;+1/p-3. The molecule has 0 aliphatic rings. The van der Waals surface area contributed by atoms with Crippen molar-refractivity contribution in [1.82, 2.24) is 4.90 Å². The first-order chi connectivity index (χ1) is 5.91. The monoisotopic (exact) mass is 341 g/mol. The minimum Gasteiger partial charge on any atom is -0.549 e. The van der Waals surface area contributed by atoms with Gasteiger partial charge in [-0.25, -0.2) is 0 Å². The van der Waals surface area contributed by atoms with Gasteiger partial charge in [0.1, 0.15) is 0 Å². The zero-order chi connectivity index (χ0) is 10.4. The largest absolute Gasteiger partial charge is 2.00 e. The van der Waals surface area contributed by atoms with Gasteiger partial charge in [-0.15, -0.1) is 0 Å². The van der Waals surface area contributed by atoms with Gasteiger partial charge in [0.05, 0.1) is 17.9 Å². The Morgan fingerprint density at radius 1 is 0.800 bits per heavy atom. The van der Waals surface area contributed by atoms with Gasteiger partial charge < -0.3 is 29.7 Å². The molecule has 0 amide bonds. The van der Waals surface area contributed by atoms with Gasteiger partial charge in [-0.1, -0.05) is 0 Å². The maximum Gasteiger partial charge on any atom is 2.00 e. The van der Waals surface area contributed by atoms with Gasteiger partial charge in [-0.3, -0.25) is 4.90 Å². The normalized spacial score (nSPS) is 8.60. The third-order valence-corrected chi connectivity index (χ3v) is 1.06. The number of aliphatic carboxylic acids is 3. The maximum absolute atomic E-state index is 9.99. The fourth-order valence-corrected chi connectivity index (χ4v) is 0.715. The second-order valence-electron chi connectivity index (χ2n) is 2.26. The molecule has 0 saturated heterocycles. The number of carbonyl (C=O) groups excluding carboxylic acids is 3. The quantitative estimate of drug-likeness (QED) is 0.440. The van der Waals surface area contributed by atoms with Gasteiger partial charge in [-0.2, -0.15) is 0 Å². The number of carbonyl (C=O) groups is 3. The molecule has 0 aromatic carbocycles. The van der Waals surface area contributed by atoms with Crippen LogP contribution in [0.4, 0.5) is 0 Å². The Bertz CT molecular complexity index is 198. The average molecular weight is 340 g/mol. The first kappa shape index (κ1) is 21.2. The van der Waals surface area contributed by atoms with E-state index >= 15 is 0 Å². The molecule has 0 radical (unpaired) electrons. The molecule has 0 fully saturated rings. The number of nitrogens with zero attached hydrogens (tertiary/aromatic N) is 1. The molecule has 0 aromatic rings. The van der Waals surface area contributed by atoms with Crippen molar-refractivity contribution in [2.45, 2.75) is 0 Å². The summed E-state index contributed by atoms with van der Waals surface area (Å²) in [7, 11) is 0. The fraction of sp³-hybridized carbons (Fsp3) is 0.500. The van der Waals surface area contributed by atoms with Gasteiger partial charge >= 0.3 is 78.7 Å². The van der Waals surface area contributed by atoms with Crippen LogP contribution in [0.25, 0.3) is 0 Å². The Labute approximate surface area is 148 Å². The third-order valence-electron chi connectivity index (χ3n) is 1.06. The van der Waals surface area contributed by atoms with Crippen LogP contribution < -0.4 is 66.7 Å². The smallest absolute Gasteiger partial charge is 0.549 e. The summed E-state index contributed by atoms with van der Waals surface area (Å²) in [6.07, 6.45) is 0. The van der Waals surface area contributed by atoms with Crippen molar-refractivity contribution in [3.05, 3.63) is 0 Å². The Hall–Kier alpha value is 0.928. The predicted octanol–water partition coefficient (Wildman–Crippen LogP) is -8.46. The summed E-state index contributed by atoms with van der Waals surface area (Å²) >= 11 is 0. The molecule has 0 aromatic heterocycles. The first-order valence-corrected chi connectivity index (χ1v) is 3.23. The molecule has 0 aliphatic heterocycles. The molecule has 0 unspecified atom stereocenters. The van der Waals surface area contributed by atoms with Crippen LogP contribution >= 0.6 is 0 Å². The molecule has 0 atom stereocenters. The molecular weight excluding hydrogens is 334 g/mol. The van der Waals surface area contributed by atoms with Gasteiger partial charge in [0.15, 0.2) is 0 Å². The number of hydrogen-bond donors (Lipinski definition) is 0. The van der Waals surface area contributed by atoms with Crippen molar-refractivity contribution >= 4 is 17.9 Å². The molecular formula is C6H6CdKNO6. The third kappa shape index (κ3) is 14.9. The van der Waals surface area contributed by atoms with Crippen molar-refractivity contribution in [1.29, 1.82) is 0 Å². The SMILES string of the molecule is O=C([O-])CN(CC(=O)[O-])CC(=O)[O-].[Cd+2].[K+]. The Kier molecular flexibility index (Phi) is 16.2. The molecule has 0 N–H and O–H groups in total. The second kappa shape index (κ2) is 11.4. The predicted molar refractivity (Wildman–Crippen MR) is 31.5 cm³/mol. The molecule has 0 spiro atoms. The second-order valence-corrected chi connectivity index (χ2v) is 2.26. The van der Waals surface area contributed by atoms with Crippen LogP contribution in [0.3, 0.4) is 0 Å². The van der Waals surface area contributed by atoms with Crippen LogP contribution in [0.2, 0.25) is 0 Å². The van der Waals surface area contributed by atoms with E-state index in [1.807, 2.05) is 0 Å². The Balaban J connectivity index is -0.000000720. The number of hydrogen-bond acceptors (Lipinski definition) is 7. The van der Waals surface area contributed by atoms with Crippen LogP contribution in [0.5, 0.6) is 0 Å². The topological polar surface area (TPSA) is 124 Å². The zero-order valence-electron chi connectivity index (χ0n) is 8.23. The maximum atomic E-state index is 9.99. The average Bonchev–Trinajstić information content (AvgIpc) is 1.80. The zero-order valence-corrected chi connectivity index (χ0v) is 15.4. The summed E-state index contributed by atoms with van der Waals surface area (Å²) in [6.45, 7) is -2.37. The minimum atomic E-state index is -1.57. The molecule has 7 nitrogen and oxygen atoms in total. The van der Waals surface area contributed by atoms with Crippen LogP contribution in [0.15, 0.2) is 0 Å². The molecule has 15 heavy (non-hydrogen) atoms. The first-order valence-electron chi connectivity index (χ1n) is 3.23. The summed E-state index contributed by atoms with van der Waals surface area (Å²) in [5.41, 5.74) is 0. The molecule has 0 saturated carbocycles. The Morgan fingerprint density at radius 2 is 1.00 bits per heavy atom. The molecule has 0 aliphatic carbocycles. The van der Waals surface area contributed by atoms with E-state index in [0.29, 0.717) is 4.90 Å². The van der Waals surface area contributed by atoms with E-state index in [1.165, 1.54) is 0 Å². The number of rotatable bonds is 6. The van der Waals surface area contributed by atoms with Crippen molar-refractivity contribution < 1.29 is 108 Å². The molecule has 9 heteroatoms. The molecule has 0 bridgehead atoms. The Morgan fingerprint density at radius 3 is 1.13 bits per heavy atom. The van der Waals surface area contributed by atoms with E-state index in [1.54, 1.807) is 0 Å². The van der Waals surface area contributed by atoms with Gasteiger partial charge in [0.2, 0.25) is 0 Å². The summed E-state index contributed by atoms with van der Waals surface area (Å²) in [5.74, 6) is -4.70. The van der Waals surface area contributed by atoms with Crippen molar-refractivity contribution in [2.24, 2.45) is 0 Å². The minimum absolute atomic E-state index is 0. The van der Waals surface area contributed by atoms with E-state index in [0.717, 1.165) is 0 Å². The van der Waals surface area contributed by atoms with Gasteiger partial charge in [0, 0.05) is 19.6 Å². The van der Waals surface area contributed by atoms with E-state index in [4.69, 9.17) is 0 Å². The molecule has 74 valence electrons. The summed E-state index contributed by atoms with van der Waals surface area (Å²) in [4.78, 5) is 30.6. The van der Waals surface area contributed by atoms with Gasteiger partial charge in [0.25, 0.3) is 0 Å². The number of carboxylic acids is 3. The van der Waals surface area contributed by atoms with E-state index < -0.39 is 37.5 Å². The van der Waals surface area contributed by atoms with Crippen molar-refractivity contribution in [2.75, 3.05) is 19.6 Å². The van der Waals surface area contributed by atoms with Crippen LogP contribution in [0, 0.1) is 0 Å². The van der Waals surface area contributed by atoms with Crippen LogP contribution in [-0.4, -0.2) is 42.4 Å². The number of carboxylic acid groups (broad SMARTS) is 3. The summed E-state index contributed by atoms with van der Waals surface area (Å²) < 4.78 is 0. The van der Waals surface area contributed by atoms with Crippen molar-refractivity contribution in [3.63, 3.8) is 0 Å². The summed E-state index contributed by atoms with van der Waals surface area (Å²) in [5, 5.41) is 30.0. The van der Waals surface area contributed by atoms with Crippen LogP contribution in [-0.2, 0) is 41.7 Å². The summed E-state index contributed by atoms with van der Waals surface area (Å²) in [6, 6.07) is 0.